The third-order valence-corrected chi connectivity index (χ3v) is 10.5. The molecule has 0 bridgehead atoms. The van der Waals surface area contributed by atoms with Crippen molar-refractivity contribution in [2.24, 2.45) is 11.8 Å². The van der Waals surface area contributed by atoms with Gasteiger partial charge in [0.1, 0.15) is 10.5 Å². The summed E-state index contributed by atoms with van der Waals surface area (Å²) in [5, 5.41) is 0.566. The van der Waals surface area contributed by atoms with E-state index >= 15 is 0 Å². The predicted molar refractivity (Wildman–Crippen MR) is 153 cm³/mol. The van der Waals surface area contributed by atoms with Gasteiger partial charge in [-0.3, -0.25) is 9.59 Å². The highest BCUT2D eigenvalue weighted by Crippen LogP contribution is 2.45. The van der Waals surface area contributed by atoms with Crippen molar-refractivity contribution in [1.82, 2.24) is 4.31 Å². The first-order chi connectivity index (χ1) is 18.4. The van der Waals surface area contributed by atoms with Crippen LogP contribution in [0.3, 0.4) is 0 Å². The number of ether oxygens (including phenoxy) is 1. The summed E-state index contributed by atoms with van der Waals surface area (Å²) in [4.78, 5) is 27.6. The number of benzene rings is 3. The zero-order valence-electron chi connectivity index (χ0n) is 22.0. The number of halogens is 1. The van der Waals surface area contributed by atoms with Crippen LogP contribution >= 0.6 is 23.4 Å². The maximum Gasteiger partial charge on any atom is 0.310 e. The third-order valence-electron chi connectivity index (χ3n) is 7.04. The Balaban J connectivity index is 1.37. The number of carbonyl (C=O) groups is 2. The third kappa shape index (κ3) is 5.74. The van der Waals surface area contributed by atoms with Crippen LogP contribution in [0.15, 0.2) is 82.6 Å². The zero-order valence-corrected chi connectivity index (χ0v) is 24.4. The van der Waals surface area contributed by atoms with Crippen LogP contribution < -0.4 is 0 Å². The number of hydrogen-bond donors (Lipinski definition) is 0. The van der Waals surface area contributed by atoms with Crippen LogP contribution in [0.25, 0.3) is 11.1 Å². The van der Waals surface area contributed by atoms with Crippen LogP contribution in [0.2, 0.25) is 5.02 Å². The van der Waals surface area contributed by atoms with Crippen molar-refractivity contribution in [3.8, 4) is 11.1 Å². The van der Waals surface area contributed by atoms with Crippen LogP contribution in [0, 0.1) is 11.8 Å². The van der Waals surface area contributed by atoms with Crippen molar-refractivity contribution in [3.63, 3.8) is 0 Å². The summed E-state index contributed by atoms with van der Waals surface area (Å²) in [6.45, 7) is 5.40. The minimum absolute atomic E-state index is 0.0218. The second-order valence-electron chi connectivity index (χ2n) is 10.9. The monoisotopic (exact) mass is 583 g/mol. The molecule has 1 amide bonds. The van der Waals surface area contributed by atoms with Crippen molar-refractivity contribution in [1.29, 1.82) is 0 Å². The molecule has 0 N–H and O–H groups in total. The summed E-state index contributed by atoms with van der Waals surface area (Å²) in [7, 11) is -3.96. The van der Waals surface area contributed by atoms with E-state index in [1.54, 1.807) is 23.9 Å². The number of hydrogen-bond acceptors (Lipinski definition) is 6. The summed E-state index contributed by atoms with van der Waals surface area (Å²) in [5.41, 5.74) is 1.60. The number of carbonyl (C=O) groups excluding carboxylic acids is 2. The summed E-state index contributed by atoms with van der Waals surface area (Å²) in [6, 6.07) is 22.0. The fourth-order valence-corrected chi connectivity index (χ4v) is 8.39. The highest BCUT2D eigenvalue weighted by atomic mass is 35.5. The Morgan fingerprint density at radius 3 is 2.21 bits per heavy atom. The van der Waals surface area contributed by atoms with E-state index < -0.39 is 27.4 Å². The summed E-state index contributed by atoms with van der Waals surface area (Å²) in [5.74, 6) is -1.81. The fourth-order valence-electron chi connectivity index (χ4n) is 5.26. The minimum atomic E-state index is -3.96. The number of amides is 1. The van der Waals surface area contributed by atoms with Gasteiger partial charge < -0.3 is 4.74 Å². The van der Waals surface area contributed by atoms with Gasteiger partial charge in [-0.05, 0) is 87.1 Å². The molecule has 0 unspecified atom stereocenters. The fraction of sp³-hybridized carbons (Fsp3) is 0.333. The molecule has 0 spiro atoms. The molecule has 0 radical (unpaired) electrons. The largest absolute Gasteiger partial charge is 0.460 e. The second-order valence-corrected chi connectivity index (χ2v) is 14.5. The summed E-state index contributed by atoms with van der Waals surface area (Å²) < 4.78 is 33.1. The molecule has 0 saturated heterocycles. The van der Waals surface area contributed by atoms with E-state index in [2.05, 4.69) is 0 Å². The van der Waals surface area contributed by atoms with Crippen molar-refractivity contribution < 1.29 is 22.7 Å². The van der Waals surface area contributed by atoms with E-state index in [1.807, 2.05) is 69.3 Å². The molecule has 9 heteroatoms. The first-order valence-electron chi connectivity index (χ1n) is 12.9. The van der Waals surface area contributed by atoms with Gasteiger partial charge in [-0.2, -0.15) is 0 Å². The standard InChI is InChI=1S/C30H30ClNO5S2/c1-30(2,3)37-29(34)27-21(18-32-28(33)24-6-4-5-7-26(24)39(32,35)36)12-17-25(27)38-23-15-10-20(11-16-23)19-8-13-22(31)14-9-19/h4-11,13-16,21,25,27H,12,17-18H2,1-3H3/t21-,25-,27-/m0/s1. The van der Waals surface area contributed by atoms with Gasteiger partial charge in [0.25, 0.3) is 15.9 Å². The Morgan fingerprint density at radius 2 is 1.59 bits per heavy atom. The number of nitrogens with zero attached hydrogens (tertiary/aromatic N) is 1. The smallest absolute Gasteiger partial charge is 0.310 e. The van der Waals surface area contributed by atoms with Gasteiger partial charge in [-0.1, -0.05) is 48.0 Å². The molecule has 2 aliphatic rings. The van der Waals surface area contributed by atoms with E-state index in [9.17, 15) is 18.0 Å². The molecule has 39 heavy (non-hydrogen) atoms. The molecule has 1 aliphatic carbocycles. The van der Waals surface area contributed by atoms with E-state index in [1.165, 1.54) is 12.1 Å². The lowest BCUT2D eigenvalue weighted by molar-refractivity contribution is -0.161. The molecule has 204 valence electrons. The van der Waals surface area contributed by atoms with Crippen molar-refractivity contribution in [3.05, 3.63) is 83.4 Å². The number of fused-ring (bicyclic) bond motifs is 1. The van der Waals surface area contributed by atoms with Crippen LogP contribution in [-0.4, -0.2) is 42.0 Å². The Labute approximate surface area is 238 Å². The van der Waals surface area contributed by atoms with Gasteiger partial charge in [0.2, 0.25) is 0 Å². The number of sulfonamides is 1. The number of thioether (sulfide) groups is 1. The Kier molecular flexibility index (Phi) is 7.57. The van der Waals surface area contributed by atoms with Crippen molar-refractivity contribution >= 4 is 45.3 Å². The first-order valence-corrected chi connectivity index (χ1v) is 15.6. The van der Waals surface area contributed by atoms with Gasteiger partial charge in [0.15, 0.2) is 0 Å². The first kappa shape index (κ1) is 27.7. The lowest BCUT2D eigenvalue weighted by Gasteiger charge is -2.29. The highest BCUT2D eigenvalue weighted by molar-refractivity contribution is 8.00. The van der Waals surface area contributed by atoms with Gasteiger partial charge >= 0.3 is 5.97 Å². The summed E-state index contributed by atoms with van der Waals surface area (Å²) in [6.07, 6.45) is 1.31. The lowest BCUT2D eigenvalue weighted by atomic mass is 9.95. The Hall–Kier alpha value is -2.81. The Bertz CT molecular complexity index is 1500. The molecule has 6 nitrogen and oxygen atoms in total. The van der Waals surface area contributed by atoms with Crippen molar-refractivity contribution in [2.45, 2.75) is 54.3 Å². The highest BCUT2D eigenvalue weighted by Gasteiger charge is 2.48. The van der Waals surface area contributed by atoms with Gasteiger partial charge in [0, 0.05) is 21.7 Å². The van der Waals surface area contributed by atoms with E-state index in [0.29, 0.717) is 17.9 Å². The molecular weight excluding hydrogens is 554 g/mol. The molecular formula is C30H30ClNO5S2. The van der Waals surface area contributed by atoms with Crippen LogP contribution in [-0.2, 0) is 19.6 Å². The molecule has 0 aromatic heterocycles. The van der Waals surface area contributed by atoms with Gasteiger partial charge in [-0.25, -0.2) is 12.7 Å². The Morgan fingerprint density at radius 1 is 0.974 bits per heavy atom. The molecule has 3 aromatic carbocycles. The second kappa shape index (κ2) is 10.6. The molecule has 1 saturated carbocycles. The van der Waals surface area contributed by atoms with Crippen LogP contribution in [0.5, 0.6) is 0 Å². The SMILES string of the molecule is CC(C)(C)OC(=O)[C@H]1[C@H](CN2C(=O)c3ccccc3S2(=O)=O)CC[C@@H]1Sc1ccc(-c2ccc(Cl)cc2)cc1. The molecule has 1 heterocycles. The molecule has 5 rings (SSSR count). The molecule has 1 fully saturated rings. The minimum Gasteiger partial charge on any atom is -0.460 e. The predicted octanol–water partition coefficient (Wildman–Crippen LogP) is 6.68. The molecule has 3 aromatic rings. The zero-order chi connectivity index (χ0) is 27.9. The average molecular weight is 584 g/mol. The van der Waals surface area contributed by atoms with Gasteiger partial charge in [0.05, 0.1) is 11.5 Å². The average Bonchev–Trinajstić information content (AvgIpc) is 3.36. The maximum absolute atomic E-state index is 13.5. The number of esters is 1. The molecule has 3 atom stereocenters. The normalized spacial score (nSPS) is 22.1. The number of rotatable bonds is 6. The van der Waals surface area contributed by atoms with E-state index in [-0.39, 0.29) is 34.1 Å². The van der Waals surface area contributed by atoms with Crippen molar-refractivity contribution in [2.75, 3.05) is 6.54 Å². The quantitative estimate of drug-likeness (QED) is 0.301. The lowest BCUT2D eigenvalue weighted by Crippen LogP contribution is -2.40. The summed E-state index contributed by atoms with van der Waals surface area (Å²) >= 11 is 7.61. The maximum atomic E-state index is 13.5. The van der Waals surface area contributed by atoms with E-state index in [0.717, 1.165) is 20.3 Å². The van der Waals surface area contributed by atoms with Crippen LogP contribution in [0.1, 0.15) is 44.0 Å². The topological polar surface area (TPSA) is 80.8 Å². The van der Waals surface area contributed by atoms with Gasteiger partial charge in [-0.15, -0.1) is 11.8 Å². The van der Waals surface area contributed by atoms with E-state index in [4.69, 9.17) is 16.3 Å². The molecule has 1 aliphatic heterocycles. The van der Waals surface area contributed by atoms with Crippen LogP contribution in [0.4, 0.5) is 0 Å².